The van der Waals surface area contributed by atoms with Crippen molar-refractivity contribution in [2.45, 2.75) is 53.1 Å². The van der Waals surface area contributed by atoms with E-state index in [0.29, 0.717) is 27.8 Å². The topological polar surface area (TPSA) is 86.8 Å². The first-order valence-electron chi connectivity index (χ1n) is 11.8. The first-order chi connectivity index (χ1) is 16.8. The molecule has 2 aromatic carbocycles. The molecule has 0 fully saturated rings. The van der Waals surface area contributed by atoms with E-state index in [4.69, 9.17) is 23.2 Å². The van der Waals surface area contributed by atoms with Crippen LogP contribution >= 0.6 is 23.2 Å². The maximum Gasteiger partial charge on any atom is 0.242 e. The van der Waals surface area contributed by atoms with Crippen LogP contribution in [0.15, 0.2) is 42.5 Å². The fraction of sp³-hybridized carbons (Fsp3) is 0.462. The highest BCUT2D eigenvalue weighted by atomic mass is 35.5. The van der Waals surface area contributed by atoms with Crippen molar-refractivity contribution in [1.82, 2.24) is 10.2 Å². The first kappa shape index (κ1) is 29.9. The number of amides is 2. The van der Waals surface area contributed by atoms with Crippen molar-refractivity contribution in [2.75, 3.05) is 23.7 Å². The summed E-state index contributed by atoms with van der Waals surface area (Å²) in [4.78, 5) is 27.6. The quantitative estimate of drug-likeness (QED) is 0.397. The van der Waals surface area contributed by atoms with Gasteiger partial charge in [-0.25, -0.2) is 8.42 Å². The number of carbonyl (C=O) groups is 2. The highest BCUT2D eigenvalue weighted by molar-refractivity contribution is 7.92. The number of nitrogens with zero attached hydrogens (tertiary/aromatic N) is 2. The lowest BCUT2D eigenvalue weighted by atomic mass is 10.1. The van der Waals surface area contributed by atoms with E-state index in [1.165, 1.54) is 9.21 Å². The number of carbonyl (C=O) groups excluding carboxylic acids is 2. The molecule has 0 spiro atoms. The molecule has 7 nitrogen and oxygen atoms in total. The zero-order chi connectivity index (χ0) is 27.0. The molecule has 198 valence electrons. The number of nitrogens with one attached hydrogen (secondary N) is 1. The Morgan fingerprint density at radius 3 is 2.22 bits per heavy atom. The van der Waals surface area contributed by atoms with Crippen LogP contribution in [-0.2, 0) is 26.2 Å². The van der Waals surface area contributed by atoms with Crippen LogP contribution in [0.25, 0.3) is 0 Å². The van der Waals surface area contributed by atoms with Gasteiger partial charge in [0.05, 0.1) is 11.9 Å². The number of hydrogen-bond acceptors (Lipinski definition) is 4. The molecule has 2 aromatic rings. The Hall–Kier alpha value is -2.29. The average Bonchev–Trinajstić information content (AvgIpc) is 2.79. The summed E-state index contributed by atoms with van der Waals surface area (Å²) in [6.45, 7) is 8.33. The van der Waals surface area contributed by atoms with Crippen molar-refractivity contribution in [3.63, 3.8) is 0 Å². The van der Waals surface area contributed by atoms with Crippen LogP contribution in [0.3, 0.4) is 0 Å². The predicted octanol–water partition coefficient (Wildman–Crippen LogP) is 5.04. The lowest BCUT2D eigenvalue weighted by Gasteiger charge is -2.30. The van der Waals surface area contributed by atoms with E-state index in [-0.39, 0.29) is 43.7 Å². The fourth-order valence-electron chi connectivity index (χ4n) is 3.58. The molecule has 2 amide bonds. The Morgan fingerprint density at radius 1 is 1.03 bits per heavy atom. The third kappa shape index (κ3) is 8.98. The van der Waals surface area contributed by atoms with Gasteiger partial charge in [0.2, 0.25) is 21.8 Å². The van der Waals surface area contributed by atoms with Crippen molar-refractivity contribution in [3.05, 3.63) is 63.6 Å². The Morgan fingerprint density at radius 2 is 1.67 bits per heavy atom. The number of halogens is 2. The van der Waals surface area contributed by atoms with E-state index in [9.17, 15) is 18.0 Å². The van der Waals surface area contributed by atoms with Gasteiger partial charge in [0.15, 0.2) is 0 Å². The predicted molar refractivity (Wildman–Crippen MR) is 147 cm³/mol. The summed E-state index contributed by atoms with van der Waals surface area (Å²) >= 11 is 12.4. The molecule has 1 N–H and O–H groups in total. The summed E-state index contributed by atoms with van der Waals surface area (Å²) in [7, 11) is -3.54. The number of sulfonamides is 1. The van der Waals surface area contributed by atoms with Gasteiger partial charge in [-0.05, 0) is 56.0 Å². The summed E-state index contributed by atoms with van der Waals surface area (Å²) in [5.74, 6) is -0.273. The van der Waals surface area contributed by atoms with Gasteiger partial charge >= 0.3 is 0 Å². The minimum absolute atomic E-state index is 0.0604. The number of anilines is 1. The lowest BCUT2D eigenvalue weighted by molar-refractivity contribution is -0.140. The second-order valence-electron chi connectivity index (χ2n) is 9.35. The molecule has 0 aromatic heterocycles. The van der Waals surface area contributed by atoms with Gasteiger partial charge in [-0.15, -0.1) is 0 Å². The molecule has 36 heavy (non-hydrogen) atoms. The van der Waals surface area contributed by atoms with Crippen LogP contribution < -0.4 is 9.62 Å². The average molecular weight is 557 g/mol. The molecule has 0 saturated carbocycles. The third-order valence-corrected chi connectivity index (χ3v) is 7.46. The van der Waals surface area contributed by atoms with Crippen LogP contribution in [0.5, 0.6) is 0 Å². The molecule has 0 aliphatic carbocycles. The number of hydrogen-bond donors (Lipinski definition) is 1. The SMILES string of the molecule is Cc1ccc(N(CCCC(=O)N(Cc2ccc(Cl)cc2Cl)C(C)C(=O)NCC(C)C)S(C)(=O)=O)cc1. The second-order valence-corrected chi connectivity index (χ2v) is 12.1. The largest absolute Gasteiger partial charge is 0.354 e. The lowest BCUT2D eigenvalue weighted by Crippen LogP contribution is -2.48. The molecule has 1 unspecified atom stereocenters. The van der Waals surface area contributed by atoms with Crippen molar-refractivity contribution in [1.29, 1.82) is 0 Å². The summed E-state index contributed by atoms with van der Waals surface area (Å²) in [6.07, 6.45) is 1.49. The van der Waals surface area contributed by atoms with Gasteiger partial charge in [-0.1, -0.05) is 60.8 Å². The molecule has 0 aliphatic rings. The van der Waals surface area contributed by atoms with Crippen LogP contribution in [0.1, 0.15) is 44.7 Å². The van der Waals surface area contributed by atoms with E-state index in [2.05, 4.69) is 5.32 Å². The molecular formula is C26H35Cl2N3O4S. The molecule has 0 heterocycles. The van der Waals surface area contributed by atoms with Crippen molar-refractivity contribution in [2.24, 2.45) is 5.92 Å². The monoisotopic (exact) mass is 555 g/mol. The molecule has 0 saturated heterocycles. The van der Waals surface area contributed by atoms with E-state index in [1.54, 1.807) is 37.3 Å². The summed E-state index contributed by atoms with van der Waals surface area (Å²) in [5, 5.41) is 3.75. The summed E-state index contributed by atoms with van der Waals surface area (Å²) in [6, 6.07) is 11.4. The number of aryl methyl sites for hydroxylation is 1. The Kier molecular flexibility index (Phi) is 11.1. The van der Waals surface area contributed by atoms with Crippen LogP contribution in [-0.4, -0.2) is 50.5 Å². The van der Waals surface area contributed by atoms with Gasteiger partial charge in [0.1, 0.15) is 6.04 Å². The zero-order valence-electron chi connectivity index (χ0n) is 21.4. The standard InChI is InChI=1S/C26H35Cl2N3O4S/c1-18(2)16-29-26(33)20(4)30(17-21-10-11-22(27)15-24(21)28)25(32)7-6-14-31(36(5,34)35)23-12-8-19(3)9-13-23/h8-13,15,18,20H,6-7,14,16-17H2,1-5H3,(H,29,33). The Bertz CT molecular complexity index is 1150. The van der Waals surface area contributed by atoms with E-state index in [1.807, 2.05) is 32.9 Å². The minimum Gasteiger partial charge on any atom is -0.354 e. The Balaban J connectivity index is 2.19. The van der Waals surface area contributed by atoms with Crippen molar-refractivity contribution in [3.8, 4) is 0 Å². The fourth-order valence-corrected chi connectivity index (χ4v) is 5.02. The Labute approximate surface area is 224 Å². The molecule has 1 atom stereocenters. The van der Waals surface area contributed by atoms with Crippen LogP contribution in [0.4, 0.5) is 5.69 Å². The summed E-state index contributed by atoms with van der Waals surface area (Å²) < 4.78 is 26.1. The summed E-state index contributed by atoms with van der Waals surface area (Å²) in [5.41, 5.74) is 2.22. The molecule has 0 radical (unpaired) electrons. The van der Waals surface area contributed by atoms with Gasteiger partial charge < -0.3 is 10.2 Å². The smallest absolute Gasteiger partial charge is 0.242 e. The number of benzene rings is 2. The van der Waals surface area contributed by atoms with Gasteiger partial charge in [0, 0.05) is 36.1 Å². The van der Waals surface area contributed by atoms with Gasteiger partial charge in [-0.3, -0.25) is 13.9 Å². The maximum absolute atomic E-state index is 13.3. The number of rotatable bonds is 12. The van der Waals surface area contributed by atoms with Crippen molar-refractivity contribution < 1.29 is 18.0 Å². The van der Waals surface area contributed by atoms with Gasteiger partial charge in [-0.2, -0.15) is 0 Å². The highest BCUT2D eigenvalue weighted by Gasteiger charge is 2.27. The maximum atomic E-state index is 13.3. The zero-order valence-corrected chi connectivity index (χ0v) is 23.8. The second kappa shape index (κ2) is 13.3. The van der Waals surface area contributed by atoms with Crippen molar-refractivity contribution >= 4 is 50.7 Å². The normalized spacial score (nSPS) is 12.3. The van der Waals surface area contributed by atoms with E-state index >= 15 is 0 Å². The molecule has 0 aliphatic heterocycles. The van der Waals surface area contributed by atoms with E-state index < -0.39 is 16.1 Å². The van der Waals surface area contributed by atoms with Gasteiger partial charge in [0.25, 0.3) is 0 Å². The molecular weight excluding hydrogens is 521 g/mol. The van der Waals surface area contributed by atoms with Crippen LogP contribution in [0.2, 0.25) is 10.0 Å². The molecule has 0 bridgehead atoms. The minimum atomic E-state index is -3.54. The van der Waals surface area contributed by atoms with E-state index in [0.717, 1.165) is 11.8 Å². The molecule has 10 heteroatoms. The third-order valence-electron chi connectivity index (χ3n) is 5.68. The molecule has 2 rings (SSSR count). The highest BCUT2D eigenvalue weighted by Crippen LogP contribution is 2.24. The van der Waals surface area contributed by atoms with Crippen LogP contribution in [0, 0.1) is 12.8 Å². The first-order valence-corrected chi connectivity index (χ1v) is 14.5.